The van der Waals surface area contributed by atoms with Crippen molar-refractivity contribution in [3.05, 3.63) is 60.0 Å². The minimum atomic E-state index is -0.393. The van der Waals surface area contributed by atoms with Crippen molar-refractivity contribution in [2.24, 2.45) is 5.73 Å². The molecule has 2 heterocycles. The normalized spacial score (nSPS) is 14.7. The van der Waals surface area contributed by atoms with E-state index in [0.717, 1.165) is 42.2 Å². The van der Waals surface area contributed by atoms with Crippen molar-refractivity contribution in [3.8, 4) is 11.4 Å². The molecule has 9 nitrogen and oxygen atoms in total. The lowest BCUT2D eigenvalue weighted by Gasteiger charge is -2.33. The quantitative estimate of drug-likeness (QED) is 0.448. The summed E-state index contributed by atoms with van der Waals surface area (Å²) in [5.41, 5.74) is 8.01. The summed E-state index contributed by atoms with van der Waals surface area (Å²) in [7, 11) is 0. The highest BCUT2D eigenvalue weighted by Gasteiger charge is 2.21. The van der Waals surface area contributed by atoms with Crippen molar-refractivity contribution in [2.75, 3.05) is 43.8 Å². The predicted molar refractivity (Wildman–Crippen MR) is 131 cm³/mol. The molecule has 0 spiro atoms. The van der Waals surface area contributed by atoms with E-state index in [2.05, 4.69) is 25.3 Å². The first-order chi connectivity index (χ1) is 16.5. The van der Waals surface area contributed by atoms with E-state index in [4.69, 9.17) is 10.3 Å². The van der Waals surface area contributed by atoms with E-state index in [1.54, 1.807) is 0 Å². The molecule has 0 radical (unpaired) electrons. The Labute approximate surface area is 202 Å². The zero-order valence-electron chi connectivity index (χ0n) is 19.1. The summed E-state index contributed by atoms with van der Waals surface area (Å²) in [6.45, 7) is 6.07. The molecule has 0 saturated carbocycles. The van der Waals surface area contributed by atoms with E-state index in [1.165, 1.54) is 11.8 Å². The summed E-state index contributed by atoms with van der Waals surface area (Å²) in [4.78, 5) is 33.4. The van der Waals surface area contributed by atoms with Crippen LogP contribution in [0.3, 0.4) is 0 Å². The standard InChI is InChI=1S/C24H28N6O3S/c1-17-6-2-3-7-18(17)24-27-23(33-28-24)15-30-12-10-29(11-13-30)14-22(32)26-19-8-4-5-9-20(19)34-16-21(25)31/h2-9H,10-16H2,1H3,(H2,25,31)(H,26,32). The van der Waals surface area contributed by atoms with Crippen molar-refractivity contribution < 1.29 is 14.1 Å². The molecular weight excluding hydrogens is 452 g/mol. The summed E-state index contributed by atoms with van der Waals surface area (Å²) in [5, 5.41) is 7.09. The molecule has 2 aromatic carbocycles. The Morgan fingerprint density at radius 3 is 2.53 bits per heavy atom. The fourth-order valence-corrected chi connectivity index (χ4v) is 4.53. The highest BCUT2D eigenvalue weighted by atomic mass is 32.2. The van der Waals surface area contributed by atoms with Gasteiger partial charge in [0.05, 0.1) is 24.5 Å². The van der Waals surface area contributed by atoms with Crippen LogP contribution in [0.4, 0.5) is 5.69 Å². The number of para-hydroxylation sites is 1. The predicted octanol–water partition coefficient (Wildman–Crippen LogP) is 2.38. The van der Waals surface area contributed by atoms with Crippen LogP contribution in [0.2, 0.25) is 0 Å². The minimum absolute atomic E-state index is 0.0830. The first kappa shape index (κ1) is 23.9. The molecule has 0 bridgehead atoms. The van der Waals surface area contributed by atoms with Crippen molar-refractivity contribution in [1.29, 1.82) is 0 Å². The molecule has 4 rings (SSSR count). The fourth-order valence-electron chi connectivity index (χ4n) is 3.79. The Morgan fingerprint density at radius 1 is 1.06 bits per heavy atom. The first-order valence-corrected chi connectivity index (χ1v) is 12.1. The number of benzene rings is 2. The van der Waals surface area contributed by atoms with Crippen molar-refractivity contribution in [1.82, 2.24) is 19.9 Å². The number of hydrogen-bond acceptors (Lipinski definition) is 8. The molecule has 3 N–H and O–H groups in total. The van der Waals surface area contributed by atoms with E-state index in [0.29, 0.717) is 30.5 Å². The third-order valence-electron chi connectivity index (χ3n) is 5.58. The van der Waals surface area contributed by atoms with E-state index >= 15 is 0 Å². The molecule has 0 unspecified atom stereocenters. The number of anilines is 1. The third-order valence-corrected chi connectivity index (χ3v) is 6.67. The van der Waals surface area contributed by atoms with Gasteiger partial charge in [-0.25, -0.2) is 0 Å². The zero-order chi connectivity index (χ0) is 23.9. The van der Waals surface area contributed by atoms with Crippen molar-refractivity contribution in [3.63, 3.8) is 0 Å². The van der Waals surface area contributed by atoms with Gasteiger partial charge in [0.15, 0.2) is 0 Å². The van der Waals surface area contributed by atoms with Gasteiger partial charge in [-0.15, -0.1) is 11.8 Å². The topological polar surface area (TPSA) is 118 Å². The highest BCUT2D eigenvalue weighted by molar-refractivity contribution is 8.00. The number of nitrogens with one attached hydrogen (secondary N) is 1. The number of rotatable bonds is 9. The van der Waals surface area contributed by atoms with Crippen LogP contribution >= 0.6 is 11.8 Å². The average Bonchev–Trinajstić information content (AvgIpc) is 3.28. The van der Waals surface area contributed by atoms with Gasteiger partial charge >= 0.3 is 0 Å². The number of nitrogens with two attached hydrogens (primary N) is 1. The molecule has 1 aliphatic heterocycles. The SMILES string of the molecule is Cc1ccccc1-c1noc(CN2CCN(CC(=O)Nc3ccccc3SCC(N)=O)CC2)n1. The van der Waals surface area contributed by atoms with Gasteiger partial charge in [0.2, 0.25) is 23.5 Å². The summed E-state index contributed by atoms with van der Waals surface area (Å²) < 4.78 is 5.47. The molecule has 3 aromatic rings. The van der Waals surface area contributed by atoms with Gasteiger partial charge in [0.25, 0.3) is 0 Å². The van der Waals surface area contributed by atoms with Crippen LogP contribution in [-0.4, -0.2) is 70.2 Å². The molecule has 34 heavy (non-hydrogen) atoms. The summed E-state index contributed by atoms with van der Waals surface area (Å²) in [6, 6.07) is 15.4. The molecule has 1 aliphatic rings. The molecule has 2 amide bonds. The van der Waals surface area contributed by atoms with Crippen LogP contribution in [0.15, 0.2) is 57.9 Å². The molecule has 1 saturated heterocycles. The van der Waals surface area contributed by atoms with Crippen LogP contribution in [0, 0.1) is 6.92 Å². The van der Waals surface area contributed by atoms with E-state index in [-0.39, 0.29) is 11.7 Å². The second-order valence-electron chi connectivity index (χ2n) is 8.18. The number of primary amides is 1. The Bertz CT molecular complexity index is 1140. The lowest BCUT2D eigenvalue weighted by atomic mass is 10.1. The summed E-state index contributed by atoms with van der Waals surface area (Å²) in [6.07, 6.45) is 0. The molecule has 10 heteroatoms. The molecule has 0 aliphatic carbocycles. The second-order valence-corrected chi connectivity index (χ2v) is 9.20. The maximum atomic E-state index is 12.6. The number of carbonyl (C=O) groups is 2. The molecule has 178 valence electrons. The number of piperazine rings is 1. The first-order valence-electron chi connectivity index (χ1n) is 11.1. The Morgan fingerprint density at radius 2 is 1.76 bits per heavy atom. The lowest BCUT2D eigenvalue weighted by Crippen LogP contribution is -2.48. The Kier molecular flexibility index (Phi) is 7.94. The number of hydrogen-bond donors (Lipinski definition) is 2. The van der Waals surface area contributed by atoms with Gasteiger partial charge in [-0.2, -0.15) is 4.98 Å². The van der Waals surface area contributed by atoms with Crippen LogP contribution < -0.4 is 11.1 Å². The van der Waals surface area contributed by atoms with Gasteiger partial charge in [-0.3, -0.25) is 19.4 Å². The minimum Gasteiger partial charge on any atom is -0.369 e. The molecular formula is C24H28N6O3S. The number of nitrogens with zero attached hydrogens (tertiary/aromatic N) is 4. The number of carbonyl (C=O) groups excluding carboxylic acids is 2. The lowest BCUT2D eigenvalue weighted by molar-refractivity contribution is -0.118. The van der Waals surface area contributed by atoms with Crippen LogP contribution in [0.5, 0.6) is 0 Å². The fraction of sp³-hybridized carbons (Fsp3) is 0.333. The van der Waals surface area contributed by atoms with Crippen LogP contribution in [0.1, 0.15) is 11.5 Å². The number of thioether (sulfide) groups is 1. The van der Waals surface area contributed by atoms with E-state index < -0.39 is 5.91 Å². The maximum Gasteiger partial charge on any atom is 0.241 e. The summed E-state index contributed by atoms with van der Waals surface area (Å²) in [5.74, 6) is 0.893. The number of aromatic nitrogens is 2. The third kappa shape index (κ3) is 6.43. The average molecular weight is 481 g/mol. The van der Waals surface area contributed by atoms with E-state index in [9.17, 15) is 9.59 Å². The van der Waals surface area contributed by atoms with Crippen molar-refractivity contribution in [2.45, 2.75) is 18.4 Å². The molecule has 1 aromatic heterocycles. The van der Waals surface area contributed by atoms with Crippen LogP contribution in [0.25, 0.3) is 11.4 Å². The smallest absolute Gasteiger partial charge is 0.241 e. The molecule has 1 fully saturated rings. The van der Waals surface area contributed by atoms with Gasteiger partial charge in [-0.05, 0) is 24.6 Å². The van der Waals surface area contributed by atoms with Gasteiger partial charge < -0.3 is 15.6 Å². The number of aryl methyl sites for hydroxylation is 1. The number of amides is 2. The highest BCUT2D eigenvalue weighted by Crippen LogP contribution is 2.26. The van der Waals surface area contributed by atoms with E-state index in [1.807, 2.05) is 55.5 Å². The Hall–Kier alpha value is -3.21. The Balaban J connectivity index is 1.25. The largest absolute Gasteiger partial charge is 0.369 e. The molecule has 0 atom stereocenters. The van der Waals surface area contributed by atoms with Crippen molar-refractivity contribution >= 4 is 29.3 Å². The zero-order valence-corrected chi connectivity index (χ0v) is 19.9. The van der Waals surface area contributed by atoms with Gasteiger partial charge in [-0.1, -0.05) is 41.6 Å². The summed E-state index contributed by atoms with van der Waals surface area (Å²) >= 11 is 1.32. The van der Waals surface area contributed by atoms with Crippen LogP contribution in [-0.2, 0) is 16.1 Å². The van der Waals surface area contributed by atoms with Gasteiger partial charge in [0.1, 0.15) is 0 Å². The second kappa shape index (κ2) is 11.3. The van der Waals surface area contributed by atoms with Gasteiger partial charge in [0, 0.05) is 36.6 Å². The maximum absolute atomic E-state index is 12.6. The monoisotopic (exact) mass is 480 g/mol.